The highest BCUT2D eigenvalue weighted by molar-refractivity contribution is 9.10. The number of phenols is 1. The SMILES string of the molecule is CCCN1C(=O)C2CC=C3C(CC4C(=O)N(c5ccccc5)C(=O)C4(C)C3c3cc(Br)cc(OC)c3O)C2C1=O. The van der Waals surface area contributed by atoms with E-state index in [1.807, 2.05) is 19.1 Å². The minimum absolute atomic E-state index is 0.112. The lowest BCUT2D eigenvalue weighted by molar-refractivity contribution is -0.140. The molecule has 3 fully saturated rings. The molecule has 208 valence electrons. The van der Waals surface area contributed by atoms with Crippen molar-refractivity contribution in [2.75, 3.05) is 18.6 Å². The normalized spacial score (nSPS) is 31.2. The number of amides is 4. The predicted octanol–water partition coefficient (Wildman–Crippen LogP) is 4.80. The van der Waals surface area contributed by atoms with E-state index < -0.39 is 35.0 Å². The van der Waals surface area contributed by atoms with E-state index >= 15 is 0 Å². The van der Waals surface area contributed by atoms with Crippen LogP contribution in [0.15, 0.2) is 58.6 Å². The zero-order valence-corrected chi connectivity index (χ0v) is 24.2. The van der Waals surface area contributed by atoms with Gasteiger partial charge in [0.05, 0.1) is 36.0 Å². The van der Waals surface area contributed by atoms with Gasteiger partial charge >= 0.3 is 0 Å². The number of ether oxygens (including phenoxy) is 1. The Morgan fingerprint density at radius 2 is 1.77 bits per heavy atom. The molecule has 6 atom stereocenters. The smallest absolute Gasteiger partial charge is 0.241 e. The molecule has 2 saturated heterocycles. The molecule has 6 rings (SSSR count). The molecular weight excluding hydrogens is 576 g/mol. The minimum Gasteiger partial charge on any atom is -0.504 e. The molecule has 1 N–H and O–H groups in total. The van der Waals surface area contributed by atoms with Crippen LogP contribution in [-0.2, 0) is 19.2 Å². The Bertz CT molecular complexity index is 1470. The van der Waals surface area contributed by atoms with Crippen molar-refractivity contribution in [3.63, 3.8) is 0 Å². The maximum atomic E-state index is 14.4. The molecule has 4 aliphatic rings. The van der Waals surface area contributed by atoms with Gasteiger partial charge in [0.2, 0.25) is 23.6 Å². The number of fused-ring (bicyclic) bond motifs is 4. The van der Waals surface area contributed by atoms with Crippen LogP contribution in [0.2, 0.25) is 0 Å². The number of methoxy groups -OCH3 is 1. The van der Waals surface area contributed by atoms with Crippen molar-refractivity contribution in [2.24, 2.45) is 29.1 Å². The van der Waals surface area contributed by atoms with Crippen molar-refractivity contribution in [1.29, 1.82) is 0 Å². The summed E-state index contributed by atoms with van der Waals surface area (Å²) in [5.74, 6) is -3.89. The number of carbonyl (C=O) groups is 4. The zero-order valence-electron chi connectivity index (χ0n) is 22.6. The second-order valence-corrected chi connectivity index (χ2v) is 12.3. The Hall–Kier alpha value is -3.46. The summed E-state index contributed by atoms with van der Waals surface area (Å²) in [5.41, 5.74) is 0.525. The average Bonchev–Trinajstić information content (AvgIpc) is 3.30. The largest absolute Gasteiger partial charge is 0.504 e. The van der Waals surface area contributed by atoms with Crippen LogP contribution in [0.1, 0.15) is 44.6 Å². The van der Waals surface area contributed by atoms with Gasteiger partial charge in [-0.25, -0.2) is 4.90 Å². The van der Waals surface area contributed by atoms with Crippen LogP contribution >= 0.6 is 15.9 Å². The number of benzene rings is 2. The molecular formula is C31H31BrN2O6. The molecule has 6 unspecified atom stereocenters. The number of anilines is 1. The highest BCUT2D eigenvalue weighted by Crippen LogP contribution is 2.65. The molecule has 0 aromatic heterocycles. The number of phenolic OH excluding ortho intramolecular Hbond substituents is 1. The quantitative estimate of drug-likeness (QED) is 0.387. The number of nitrogens with zero attached hydrogens (tertiary/aromatic N) is 2. The van der Waals surface area contributed by atoms with Gasteiger partial charge in [0.15, 0.2) is 11.5 Å². The highest BCUT2D eigenvalue weighted by atomic mass is 79.9. The van der Waals surface area contributed by atoms with E-state index in [1.54, 1.807) is 43.3 Å². The lowest BCUT2D eigenvalue weighted by Gasteiger charge is -2.49. The molecule has 9 heteroatoms. The van der Waals surface area contributed by atoms with Gasteiger partial charge in [0.25, 0.3) is 0 Å². The molecule has 0 bridgehead atoms. The van der Waals surface area contributed by atoms with Crippen LogP contribution in [-0.4, -0.2) is 47.3 Å². The molecule has 2 aromatic rings. The second-order valence-electron chi connectivity index (χ2n) is 11.4. The van der Waals surface area contributed by atoms with E-state index in [9.17, 15) is 24.3 Å². The average molecular weight is 608 g/mol. The van der Waals surface area contributed by atoms with Crippen molar-refractivity contribution in [3.05, 3.63) is 64.1 Å². The summed E-state index contributed by atoms with van der Waals surface area (Å²) in [6.07, 6.45) is 3.29. The van der Waals surface area contributed by atoms with E-state index in [2.05, 4.69) is 15.9 Å². The molecule has 2 aliphatic heterocycles. The van der Waals surface area contributed by atoms with Crippen molar-refractivity contribution >= 4 is 45.2 Å². The van der Waals surface area contributed by atoms with E-state index in [1.165, 1.54) is 16.9 Å². The maximum Gasteiger partial charge on any atom is 0.241 e. The first kappa shape index (κ1) is 26.7. The summed E-state index contributed by atoms with van der Waals surface area (Å²) >= 11 is 3.52. The highest BCUT2D eigenvalue weighted by Gasteiger charge is 2.67. The number of hydrogen-bond acceptors (Lipinski definition) is 6. The lowest BCUT2D eigenvalue weighted by atomic mass is 9.51. The minimum atomic E-state index is -1.24. The zero-order chi connectivity index (χ0) is 28.5. The molecule has 8 nitrogen and oxygen atoms in total. The number of carbonyl (C=O) groups excluding carboxylic acids is 4. The van der Waals surface area contributed by atoms with Gasteiger partial charge in [-0.2, -0.15) is 0 Å². The van der Waals surface area contributed by atoms with Crippen LogP contribution in [0.5, 0.6) is 11.5 Å². The Morgan fingerprint density at radius 1 is 1.05 bits per heavy atom. The molecule has 0 spiro atoms. The van der Waals surface area contributed by atoms with Crippen LogP contribution in [0.25, 0.3) is 0 Å². The number of rotatable bonds is 5. The third-order valence-corrected chi connectivity index (χ3v) is 9.89. The Kier molecular flexibility index (Phi) is 6.40. The monoisotopic (exact) mass is 606 g/mol. The number of aromatic hydroxyl groups is 1. The molecule has 1 saturated carbocycles. The van der Waals surface area contributed by atoms with Gasteiger partial charge in [0, 0.05) is 22.5 Å². The molecule has 0 radical (unpaired) electrons. The van der Waals surface area contributed by atoms with E-state index in [0.717, 1.165) is 5.57 Å². The van der Waals surface area contributed by atoms with Crippen molar-refractivity contribution in [2.45, 2.75) is 39.0 Å². The van der Waals surface area contributed by atoms with Crippen molar-refractivity contribution in [3.8, 4) is 11.5 Å². The standard InChI is InChI=1S/C31H31BrN2O6/c1-4-12-33-27(36)19-11-10-18-20(24(19)29(33)38)15-22-28(37)34(17-8-6-5-7-9-17)30(39)31(22,2)25(18)21-13-16(32)14-23(40-3)26(21)35/h5-10,13-14,19-20,22,24-25,35H,4,11-12,15H2,1-3H3. The fourth-order valence-corrected chi connectivity index (χ4v) is 8.12. The fourth-order valence-electron chi connectivity index (χ4n) is 7.66. The molecule has 40 heavy (non-hydrogen) atoms. The fraction of sp³-hybridized carbons (Fsp3) is 0.419. The Balaban J connectivity index is 1.56. The topological polar surface area (TPSA) is 104 Å². The number of imide groups is 2. The summed E-state index contributed by atoms with van der Waals surface area (Å²) in [7, 11) is 1.45. The number of para-hydroxylation sites is 1. The summed E-state index contributed by atoms with van der Waals surface area (Å²) in [6, 6.07) is 12.2. The molecule has 2 aliphatic carbocycles. The van der Waals surface area contributed by atoms with Crippen LogP contribution in [0, 0.1) is 29.1 Å². The van der Waals surface area contributed by atoms with E-state index in [-0.39, 0.29) is 41.5 Å². The summed E-state index contributed by atoms with van der Waals surface area (Å²) in [6.45, 7) is 4.09. The van der Waals surface area contributed by atoms with E-state index in [4.69, 9.17) is 4.74 Å². The van der Waals surface area contributed by atoms with Gasteiger partial charge in [-0.15, -0.1) is 0 Å². The Morgan fingerprint density at radius 3 is 2.45 bits per heavy atom. The number of likely N-dealkylation sites (tertiary alicyclic amines) is 1. The first-order valence-electron chi connectivity index (χ1n) is 13.7. The van der Waals surface area contributed by atoms with Crippen LogP contribution in [0.3, 0.4) is 0 Å². The summed E-state index contributed by atoms with van der Waals surface area (Å²) < 4.78 is 6.10. The predicted molar refractivity (Wildman–Crippen MR) is 150 cm³/mol. The number of halogens is 1. The first-order chi connectivity index (χ1) is 19.1. The maximum absolute atomic E-state index is 14.4. The van der Waals surface area contributed by atoms with Crippen molar-refractivity contribution < 1.29 is 29.0 Å². The molecule has 2 aromatic carbocycles. The van der Waals surface area contributed by atoms with Gasteiger partial charge in [-0.05, 0) is 56.4 Å². The number of allylic oxidation sites excluding steroid dienone is 2. The van der Waals surface area contributed by atoms with Crippen molar-refractivity contribution in [1.82, 2.24) is 4.90 Å². The van der Waals surface area contributed by atoms with Gasteiger partial charge < -0.3 is 9.84 Å². The summed E-state index contributed by atoms with van der Waals surface area (Å²) in [4.78, 5) is 58.1. The first-order valence-corrected chi connectivity index (χ1v) is 14.5. The summed E-state index contributed by atoms with van der Waals surface area (Å²) in [5, 5.41) is 11.4. The van der Waals surface area contributed by atoms with Crippen LogP contribution < -0.4 is 9.64 Å². The van der Waals surface area contributed by atoms with Gasteiger partial charge in [-0.1, -0.05) is 52.7 Å². The molecule has 4 amide bonds. The third-order valence-electron chi connectivity index (χ3n) is 9.43. The van der Waals surface area contributed by atoms with Gasteiger partial charge in [0.1, 0.15) is 0 Å². The lowest BCUT2D eigenvalue weighted by Crippen LogP contribution is -2.49. The third kappa shape index (κ3) is 3.56. The van der Waals surface area contributed by atoms with Gasteiger partial charge in [-0.3, -0.25) is 24.1 Å². The Labute approximate surface area is 241 Å². The van der Waals surface area contributed by atoms with E-state index in [0.29, 0.717) is 35.1 Å². The van der Waals surface area contributed by atoms with Crippen LogP contribution in [0.4, 0.5) is 5.69 Å². The molecule has 2 heterocycles. The number of hydrogen-bond donors (Lipinski definition) is 1. The second kappa shape index (κ2) is 9.58.